The highest BCUT2D eigenvalue weighted by molar-refractivity contribution is 5.89. The minimum absolute atomic E-state index is 0.170. The van der Waals surface area contributed by atoms with Crippen molar-refractivity contribution in [3.05, 3.63) is 84.5 Å². The van der Waals surface area contributed by atoms with Crippen molar-refractivity contribution in [1.29, 1.82) is 0 Å². The Morgan fingerprint density at radius 2 is 1.68 bits per heavy atom. The lowest BCUT2D eigenvalue weighted by Gasteiger charge is -2.12. The summed E-state index contributed by atoms with van der Waals surface area (Å²) in [6, 6.07) is 8.97. The molecule has 1 rings (SSSR count). The first-order valence-electron chi connectivity index (χ1n) is 11.2. The third-order valence-corrected chi connectivity index (χ3v) is 4.55. The highest BCUT2D eigenvalue weighted by Gasteiger charge is 2.11. The number of ether oxygens (including phenoxy) is 1. The molecule has 0 aliphatic rings. The normalized spacial score (nSPS) is 12.9. The Labute approximate surface area is 187 Å². The average Bonchev–Trinajstić information content (AvgIpc) is 2.77. The predicted molar refractivity (Wildman–Crippen MR) is 127 cm³/mol. The van der Waals surface area contributed by atoms with Crippen LogP contribution in [-0.4, -0.2) is 23.1 Å². The number of hydrogen-bond donors (Lipinski definition) is 1. The molecule has 0 amide bonds. The fourth-order valence-electron chi connectivity index (χ4n) is 2.81. The summed E-state index contributed by atoms with van der Waals surface area (Å²) in [5.74, 6) is -1.12. The molecule has 4 nitrogen and oxygen atoms in total. The second-order valence-electron chi connectivity index (χ2n) is 7.32. The van der Waals surface area contributed by atoms with Gasteiger partial charge in [-0.1, -0.05) is 80.5 Å². The van der Waals surface area contributed by atoms with Crippen LogP contribution in [0.2, 0.25) is 0 Å². The maximum absolute atomic E-state index is 12.4. The molecule has 1 N–H and O–H groups in total. The van der Waals surface area contributed by atoms with E-state index in [0.29, 0.717) is 24.8 Å². The molecule has 0 unspecified atom stereocenters. The van der Waals surface area contributed by atoms with Crippen LogP contribution in [0.25, 0.3) is 0 Å². The summed E-state index contributed by atoms with van der Waals surface area (Å²) in [5.41, 5.74) is 0.532. The number of carboxylic acid groups (broad SMARTS) is 1. The summed E-state index contributed by atoms with van der Waals surface area (Å²) < 4.78 is 5.66. The number of benzene rings is 1. The van der Waals surface area contributed by atoms with E-state index in [1.807, 2.05) is 48.6 Å². The Kier molecular flexibility index (Phi) is 15.1. The highest BCUT2D eigenvalue weighted by atomic mass is 16.5. The van der Waals surface area contributed by atoms with Gasteiger partial charge in [-0.3, -0.25) is 4.79 Å². The Balaban J connectivity index is 2.54. The zero-order valence-corrected chi connectivity index (χ0v) is 18.6. The van der Waals surface area contributed by atoms with Crippen LogP contribution >= 0.6 is 0 Å². The summed E-state index contributed by atoms with van der Waals surface area (Å²) >= 11 is 0. The van der Waals surface area contributed by atoms with Gasteiger partial charge in [0.2, 0.25) is 0 Å². The van der Waals surface area contributed by atoms with Crippen LogP contribution in [0.4, 0.5) is 0 Å². The van der Waals surface area contributed by atoms with Gasteiger partial charge in [-0.25, -0.2) is 4.79 Å². The molecule has 0 aliphatic carbocycles. The fourth-order valence-corrected chi connectivity index (χ4v) is 2.81. The molecule has 0 aromatic heterocycles. The molecule has 0 bridgehead atoms. The van der Waals surface area contributed by atoms with Gasteiger partial charge in [-0.05, 0) is 50.3 Å². The van der Waals surface area contributed by atoms with E-state index in [1.54, 1.807) is 12.1 Å². The standard InChI is InChI=1S/C27H36O4/c1-2-3-4-5-6-7-8-10-16-21-25(22-17-11-9-12-18-23-26(28)29)31-27(30)24-19-14-13-15-20-24/h6-7,9-11,13-17,19-20,22,25H,2-5,8,12,18,21,23H2,1H3,(H,28,29)/b7-6-,11-9-,16-10-,22-17+/t25-/m0/s1. The third kappa shape index (κ3) is 14.7. The number of carbonyl (C=O) groups excluding carboxylic acids is 1. The van der Waals surface area contributed by atoms with E-state index in [4.69, 9.17) is 9.84 Å². The first-order valence-corrected chi connectivity index (χ1v) is 11.2. The molecular weight excluding hydrogens is 388 g/mol. The van der Waals surface area contributed by atoms with Gasteiger partial charge in [-0.2, -0.15) is 0 Å². The number of aliphatic carboxylic acids is 1. The smallest absolute Gasteiger partial charge is 0.338 e. The topological polar surface area (TPSA) is 63.6 Å². The average molecular weight is 425 g/mol. The van der Waals surface area contributed by atoms with Crippen LogP contribution in [0.15, 0.2) is 78.9 Å². The van der Waals surface area contributed by atoms with Crippen LogP contribution < -0.4 is 0 Å². The lowest BCUT2D eigenvalue weighted by atomic mass is 10.1. The van der Waals surface area contributed by atoms with E-state index in [0.717, 1.165) is 12.8 Å². The Morgan fingerprint density at radius 1 is 0.935 bits per heavy atom. The fraction of sp³-hybridized carbons (Fsp3) is 0.407. The molecule has 1 aromatic carbocycles. The second-order valence-corrected chi connectivity index (χ2v) is 7.32. The van der Waals surface area contributed by atoms with Crippen molar-refractivity contribution in [3.63, 3.8) is 0 Å². The molecule has 0 aliphatic heterocycles. The van der Waals surface area contributed by atoms with Crippen LogP contribution in [0.1, 0.15) is 75.1 Å². The van der Waals surface area contributed by atoms with Gasteiger partial charge in [-0.15, -0.1) is 0 Å². The van der Waals surface area contributed by atoms with E-state index in [9.17, 15) is 9.59 Å². The molecule has 168 valence electrons. The van der Waals surface area contributed by atoms with Gasteiger partial charge < -0.3 is 9.84 Å². The number of carbonyl (C=O) groups is 2. The van der Waals surface area contributed by atoms with E-state index >= 15 is 0 Å². The van der Waals surface area contributed by atoms with Gasteiger partial charge in [0.15, 0.2) is 0 Å². The molecule has 0 spiro atoms. The number of carboxylic acids is 1. The molecule has 1 atom stereocenters. The number of esters is 1. The molecule has 1 aromatic rings. The summed E-state index contributed by atoms with van der Waals surface area (Å²) in [6.07, 6.45) is 23.5. The summed E-state index contributed by atoms with van der Waals surface area (Å²) in [5, 5.41) is 8.65. The van der Waals surface area contributed by atoms with Gasteiger partial charge in [0.05, 0.1) is 5.56 Å². The van der Waals surface area contributed by atoms with E-state index < -0.39 is 5.97 Å². The molecular formula is C27H36O4. The minimum Gasteiger partial charge on any atom is -0.481 e. The minimum atomic E-state index is -0.778. The van der Waals surface area contributed by atoms with Gasteiger partial charge in [0.25, 0.3) is 0 Å². The summed E-state index contributed by atoms with van der Waals surface area (Å²) in [4.78, 5) is 22.9. The monoisotopic (exact) mass is 424 g/mol. The first kappa shape index (κ1) is 26.2. The summed E-state index contributed by atoms with van der Waals surface area (Å²) in [7, 11) is 0. The number of hydrogen-bond acceptors (Lipinski definition) is 3. The van der Waals surface area contributed by atoms with Crippen molar-refractivity contribution in [2.75, 3.05) is 0 Å². The van der Waals surface area contributed by atoms with Gasteiger partial charge in [0.1, 0.15) is 6.10 Å². The molecule has 0 radical (unpaired) electrons. The summed E-state index contributed by atoms with van der Waals surface area (Å²) in [6.45, 7) is 2.21. The van der Waals surface area contributed by atoms with Gasteiger partial charge in [0, 0.05) is 12.8 Å². The van der Waals surface area contributed by atoms with Crippen LogP contribution in [0.3, 0.4) is 0 Å². The Hall–Kier alpha value is -2.88. The molecule has 0 fully saturated rings. The zero-order valence-electron chi connectivity index (χ0n) is 18.6. The largest absolute Gasteiger partial charge is 0.481 e. The second kappa shape index (κ2) is 17.9. The SMILES string of the molecule is CCCCC/C=C\C/C=C\C[C@@H](/C=C/C=C\CCCC(=O)O)OC(=O)c1ccccc1. The predicted octanol–water partition coefficient (Wildman–Crippen LogP) is 7.05. The molecule has 0 saturated heterocycles. The van der Waals surface area contributed by atoms with Crippen LogP contribution in [0, 0.1) is 0 Å². The Morgan fingerprint density at radius 3 is 2.42 bits per heavy atom. The number of allylic oxidation sites excluding steroid dienone is 6. The molecule has 31 heavy (non-hydrogen) atoms. The quantitative estimate of drug-likeness (QED) is 0.134. The lowest BCUT2D eigenvalue weighted by molar-refractivity contribution is -0.137. The molecule has 4 heteroatoms. The van der Waals surface area contributed by atoms with E-state index in [2.05, 4.69) is 25.2 Å². The van der Waals surface area contributed by atoms with Crippen molar-refractivity contribution >= 4 is 11.9 Å². The molecule has 0 saturated carbocycles. The Bertz CT molecular complexity index is 729. The van der Waals surface area contributed by atoms with Crippen LogP contribution in [-0.2, 0) is 9.53 Å². The third-order valence-electron chi connectivity index (χ3n) is 4.55. The highest BCUT2D eigenvalue weighted by Crippen LogP contribution is 2.09. The number of unbranched alkanes of at least 4 members (excludes halogenated alkanes) is 4. The van der Waals surface area contributed by atoms with Crippen molar-refractivity contribution in [1.82, 2.24) is 0 Å². The maximum atomic E-state index is 12.4. The maximum Gasteiger partial charge on any atom is 0.338 e. The number of rotatable bonds is 16. The van der Waals surface area contributed by atoms with E-state index in [1.165, 1.54) is 19.3 Å². The van der Waals surface area contributed by atoms with Crippen molar-refractivity contribution in [3.8, 4) is 0 Å². The lowest BCUT2D eigenvalue weighted by Crippen LogP contribution is -2.15. The zero-order chi connectivity index (χ0) is 22.6. The van der Waals surface area contributed by atoms with Crippen molar-refractivity contribution < 1.29 is 19.4 Å². The van der Waals surface area contributed by atoms with Crippen molar-refractivity contribution in [2.45, 2.75) is 70.8 Å². The molecule has 0 heterocycles. The van der Waals surface area contributed by atoms with E-state index in [-0.39, 0.29) is 18.5 Å². The van der Waals surface area contributed by atoms with Crippen molar-refractivity contribution in [2.24, 2.45) is 0 Å². The van der Waals surface area contributed by atoms with Crippen LogP contribution in [0.5, 0.6) is 0 Å². The van der Waals surface area contributed by atoms with Gasteiger partial charge >= 0.3 is 11.9 Å². The first-order chi connectivity index (χ1) is 15.1.